The number of pyridine rings is 1. The van der Waals surface area contributed by atoms with Gasteiger partial charge < -0.3 is 5.11 Å². The standard InChI is InChI=1S/C14H15NO/c1-10-7-11(2)9-12(8-10)14(16)13-5-3-4-6-15-13/h3-9,14,16H,1-2H3/t14-/m0/s1. The zero-order valence-electron chi connectivity index (χ0n) is 9.51. The molecular formula is C14H15NO. The van der Waals surface area contributed by atoms with Crippen molar-refractivity contribution in [3.8, 4) is 0 Å². The molecule has 16 heavy (non-hydrogen) atoms. The third kappa shape index (κ3) is 2.28. The van der Waals surface area contributed by atoms with Gasteiger partial charge in [0, 0.05) is 6.20 Å². The SMILES string of the molecule is Cc1cc(C)cc([C@H](O)c2ccccn2)c1. The lowest BCUT2D eigenvalue weighted by Crippen LogP contribution is -2.02. The van der Waals surface area contributed by atoms with Crippen LogP contribution in [0, 0.1) is 13.8 Å². The topological polar surface area (TPSA) is 33.1 Å². The molecule has 0 saturated heterocycles. The van der Waals surface area contributed by atoms with Gasteiger partial charge in [0.15, 0.2) is 0 Å². The summed E-state index contributed by atoms with van der Waals surface area (Å²) in [6.07, 6.45) is 1.06. The molecule has 82 valence electrons. The van der Waals surface area contributed by atoms with Gasteiger partial charge >= 0.3 is 0 Å². The van der Waals surface area contributed by atoms with Gasteiger partial charge in [-0.1, -0.05) is 35.4 Å². The van der Waals surface area contributed by atoms with Gasteiger partial charge in [-0.15, -0.1) is 0 Å². The average molecular weight is 213 g/mol. The minimum atomic E-state index is -0.639. The Labute approximate surface area is 95.6 Å². The highest BCUT2D eigenvalue weighted by Gasteiger charge is 2.11. The number of hydrogen-bond acceptors (Lipinski definition) is 2. The molecule has 2 rings (SSSR count). The van der Waals surface area contributed by atoms with Gasteiger partial charge in [-0.3, -0.25) is 4.98 Å². The maximum Gasteiger partial charge on any atom is 0.121 e. The maximum atomic E-state index is 10.2. The van der Waals surface area contributed by atoms with Crippen LogP contribution in [0.3, 0.4) is 0 Å². The highest BCUT2D eigenvalue weighted by molar-refractivity contribution is 5.33. The summed E-state index contributed by atoms with van der Waals surface area (Å²) >= 11 is 0. The van der Waals surface area contributed by atoms with E-state index in [1.54, 1.807) is 6.20 Å². The van der Waals surface area contributed by atoms with Crippen molar-refractivity contribution < 1.29 is 5.11 Å². The smallest absolute Gasteiger partial charge is 0.121 e. The summed E-state index contributed by atoms with van der Waals surface area (Å²) in [6.45, 7) is 4.06. The van der Waals surface area contributed by atoms with Gasteiger partial charge in [0.2, 0.25) is 0 Å². The second-order valence-electron chi connectivity index (χ2n) is 4.08. The van der Waals surface area contributed by atoms with E-state index in [9.17, 15) is 5.11 Å². The molecule has 0 aliphatic rings. The first-order chi connectivity index (χ1) is 7.66. The largest absolute Gasteiger partial charge is 0.382 e. The van der Waals surface area contributed by atoms with E-state index < -0.39 is 6.10 Å². The fourth-order valence-electron chi connectivity index (χ4n) is 1.88. The number of hydrogen-bond donors (Lipinski definition) is 1. The summed E-state index contributed by atoms with van der Waals surface area (Å²) in [4.78, 5) is 4.16. The molecule has 1 heterocycles. The molecule has 2 aromatic rings. The number of benzene rings is 1. The van der Waals surface area contributed by atoms with Crippen LogP contribution in [-0.4, -0.2) is 10.1 Å². The summed E-state index contributed by atoms with van der Waals surface area (Å²) < 4.78 is 0. The number of nitrogens with zero attached hydrogens (tertiary/aromatic N) is 1. The molecule has 0 bridgehead atoms. The third-order valence-corrected chi connectivity index (χ3v) is 2.53. The first-order valence-electron chi connectivity index (χ1n) is 5.34. The highest BCUT2D eigenvalue weighted by Crippen LogP contribution is 2.21. The molecule has 0 saturated carbocycles. The van der Waals surface area contributed by atoms with E-state index >= 15 is 0 Å². The van der Waals surface area contributed by atoms with Crippen molar-refractivity contribution in [2.75, 3.05) is 0 Å². The Morgan fingerprint density at radius 3 is 2.31 bits per heavy atom. The van der Waals surface area contributed by atoms with Crippen molar-refractivity contribution in [1.29, 1.82) is 0 Å². The molecule has 1 aromatic heterocycles. The molecule has 0 radical (unpaired) electrons. The van der Waals surface area contributed by atoms with Crippen LogP contribution in [0.4, 0.5) is 0 Å². The van der Waals surface area contributed by atoms with Gasteiger partial charge in [0.05, 0.1) is 5.69 Å². The van der Waals surface area contributed by atoms with E-state index in [1.165, 1.54) is 0 Å². The van der Waals surface area contributed by atoms with Gasteiger partial charge in [0.25, 0.3) is 0 Å². The van der Waals surface area contributed by atoms with Gasteiger partial charge in [0.1, 0.15) is 6.10 Å². The van der Waals surface area contributed by atoms with Crippen molar-refractivity contribution in [2.24, 2.45) is 0 Å². The van der Waals surface area contributed by atoms with Crippen molar-refractivity contribution in [3.63, 3.8) is 0 Å². The Hall–Kier alpha value is -1.67. The lowest BCUT2D eigenvalue weighted by Gasteiger charge is -2.12. The lowest BCUT2D eigenvalue weighted by molar-refractivity contribution is 0.215. The molecule has 0 amide bonds. The van der Waals surface area contributed by atoms with Crippen LogP contribution in [0.15, 0.2) is 42.6 Å². The molecule has 2 nitrogen and oxygen atoms in total. The third-order valence-electron chi connectivity index (χ3n) is 2.53. The summed E-state index contributed by atoms with van der Waals surface area (Å²) in [5, 5.41) is 10.2. The second kappa shape index (κ2) is 4.45. The van der Waals surface area contributed by atoms with E-state index in [-0.39, 0.29) is 0 Å². The van der Waals surface area contributed by atoms with Gasteiger partial charge in [-0.25, -0.2) is 0 Å². The molecular weight excluding hydrogens is 198 g/mol. The second-order valence-corrected chi connectivity index (χ2v) is 4.08. The van der Waals surface area contributed by atoms with Crippen LogP contribution in [0.25, 0.3) is 0 Å². The van der Waals surface area contributed by atoms with Crippen LogP contribution in [-0.2, 0) is 0 Å². The fraction of sp³-hybridized carbons (Fsp3) is 0.214. The number of aromatic nitrogens is 1. The zero-order valence-corrected chi connectivity index (χ0v) is 9.51. The lowest BCUT2D eigenvalue weighted by atomic mass is 10.0. The molecule has 2 heteroatoms. The molecule has 0 fully saturated rings. The first kappa shape index (κ1) is 10.8. The fourth-order valence-corrected chi connectivity index (χ4v) is 1.88. The molecule has 1 aromatic carbocycles. The molecule has 0 aliphatic carbocycles. The van der Waals surface area contributed by atoms with E-state index in [2.05, 4.69) is 11.1 Å². The number of aliphatic hydroxyl groups excluding tert-OH is 1. The van der Waals surface area contributed by atoms with Crippen LogP contribution >= 0.6 is 0 Å². The van der Waals surface area contributed by atoms with Crippen molar-refractivity contribution >= 4 is 0 Å². The Bertz CT molecular complexity index is 459. The summed E-state index contributed by atoms with van der Waals surface area (Å²) in [5.41, 5.74) is 3.90. The van der Waals surface area contributed by atoms with Crippen LogP contribution < -0.4 is 0 Å². The predicted octanol–water partition coefficient (Wildman–Crippen LogP) is 2.78. The minimum absolute atomic E-state index is 0.639. The van der Waals surface area contributed by atoms with E-state index in [1.807, 2.05) is 44.2 Å². The first-order valence-corrected chi connectivity index (χ1v) is 5.34. The van der Waals surface area contributed by atoms with Crippen LogP contribution in [0.1, 0.15) is 28.5 Å². The Morgan fingerprint density at radius 1 is 1.06 bits per heavy atom. The monoisotopic (exact) mass is 213 g/mol. The van der Waals surface area contributed by atoms with Gasteiger partial charge in [-0.05, 0) is 31.5 Å². The van der Waals surface area contributed by atoms with E-state index in [0.29, 0.717) is 5.69 Å². The molecule has 0 aliphatic heterocycles. The van der Waals surface area contributed by atoms with E-state index in [4.69, 9.17) is 0 Å². The number of rotatable bonds is 2. The Balaban J connectivity index is 2.37. The van der Waals surface area contributed by atoms with E-state index in [0.717, 1.165) is 16.7 Å². The normalized spacial score (nSPS) is 12.4. The molecule has 0 spiro atoms. The molecule has 1 N–H and O–H groups in total. The van der Waals surface area contributed by atoms with Gasteiger partial charge in [-0.2, -0.15) is 0 Å². The maximum absolute atomic E-state index is 10.2. The molecule has 0 unspecified atom stereocenters. The van der Waals surface area contributed by atoms with Crippen molar-refractivity contribution in [1.82, 2.24) is 4.98 Å². The van der Waals surface area contributed by atoms with Crippen LogP contribution in [0.5, 0.6) is 0 Å². The van der Waals surface area contributed by atoms with Crippen molar-refractivity contribution in [2.45, 2.75) is 20.0 Å². The highest BCUT2D eigenvalue weighted by atomic mass is 16.3. The predicted molar refractivity (Wildman–Crippen MR) is 64.2 cm³/mol. The summed E-state index contributed by atoms with van der Waals surface area (Å²) in [5.74, 6) is 0. The number of aliphatic hydroxyl groups is 1. The molecule has 1 atom stereocenters. The quantitative estimate of drug-likeness (QED) is 0.832. The van der Waals surface area contributed by atoms with Crippen molar-refractivity contribution in [3.05, 3.63) is 65.0 Å². The Morgan fingerprint density at radius 2 is 1.75 bits per heavy atom. The Kier molecular flexibility index (Phi) is 3.02. The van der Waals surface area contributed by atoms with Crippen LogP contribution in [0.2, 0.25) is 0 Å². The number of aryl methyl sites for hydroxylation is 2. The average Bonchev–Trinajstić information content (AvgIpc) is 2.28. The summed E-state index contributed by atoms with van der Waals surface area (Å²) in [6, 6.07) is 11.6. The summed E-state index contributed by atoms with van der Waals surface area (Å²) in [7, 11) is 0. The zero-order chi connectivity index (χ0) is 11.5. The minimum Gasteiger partial charge on any atom is -0.382 e.